The quantitative estimate of drug-likeness (QED) is 0.155. The van der Waals surface area contributed by atoms with Crippen LogP contribution in [0.2, 0.25) is 0 Å². The summed E-state index contributed by atoms with van der Waals surface area (Å²) in [4.78, 5) is 2.28. The molecule has 0 saturated heterocycles. The molecule has 3 rings (SSSR count). The van der Waals surface area contributed by atoms with Crippen LogP contribution >= 0.6 is 0 Å². The molecular weight excluding hydrogens is 438 g/mol. The van der Waals surface area contributed by atoms with E-state index in [9.17, 15) is 13.5 Å². The molecular formula is C24H31N5O3S. The molecule has 3 aromatic carbocycles. The Bertz CT molecular complexity index is 1180. The molecule has 1 atom stereocenters. The first-order valence-electron chi connectivity index (χ1n) is 10.7. The average molecular weight is 470 g/mol. The van der Waals surface area contributed by atoms with Crippen LogP contribution in [-0.2, 0) is 9.84 Å². The average Bonchev–Trinajstić information content (AvgIpc) is 2.80. The zero-order valence-corrected chi connectivity index (χ0v) is 19.5. The van der Waals surface area contributed by atoms with Gasteiger partial charge in [0.05, 0.1) is 11.0 Å². The lowest BCUT2D eigenvalue weighted by Crippen LogP contribution is -2.38. The highest BCUT2D eigenvalue weighted by Gasteiger charge is 2.17. The van der Waals surface area contributed by atoms with Crippen molar-refractivity contribution in [3.63, 3.8) is 0 Å². The van der Waals surface area contributed by atoms with Crippen LogP contribution in [0.3, 0.4) is 0 Å². The third-order valence-corrected chi connectivity index (χ3v) is 6.92. The molecule has 0 heterocycles. The Kier molecular flexibility index (Phi) is 8.40. The standard InChI is InChI=1S/C24H31N5O3S/c1-29(16-21(30)15-28-20-11-9-19(10-12-20)24(25)26)14-13-27-17-33(31,32)23-8-4-6-18-5-2-3-7-22(18)23/h2-12,21,27-28,30H,13-17H2,1H3,(H3,25,26). The lowest BCUT2D eigenvalue weighted by Gasteiger charge is -2.21. The number of nitrogens with two attached hydrogens (primary N) is 1. The van der Waals surface area contributed by atoms with Crippen molar-refractivity contribution < 1.29 is 13.5 Å². The van der Waals surface area contributed by atoms with Crippen LogP contribution in [0.4, 0.5) is 5.69 Å². The molecule has 1 unspecified atom stereocenters. The van der Waals surface area contributed by atoms with E-state index in [1.807, 2.05) is 54.4 Å². The molecule has 3 aromatic rings. The molecule has 0 fully saturated rings. The second-order valence-electron chi connectivity index (χ2n) is 8.02. The molecule has 0 spiro atoms. The zero-order valence-electron chi connectivity index (χ0n) is 18.7. The Morgan fingerprint density at radius 2 is 1.79 bits per heavy atom. The number of aliphatic hydroxyl groups excluding tert-OH is 1. The highest BCUT2D eigenvalue weighted by molar-refractivity contribution is 7.91. The summed E-state index contributed by atoms with van der Waals surface area (Å²) >= 11 is 0. The summed E-state index contributed by atoms with van der Waals surface area (Å²) in [6.45, 7) is 1.88. The molecule has 176 valence electrons. The van der Waals surface area contributed by atoms with Gasteiger partial charge in [-0.1, -0.05) is 36.4 Å². The predicted octanol–water partition coefficient (Wildman–Crippen LogP) is 1.85. The summed E-state index contributed by atoms with van der Waals surface area (Å²) in [5, 5.41) is 25.5. The Morgan fingerprint density at radius 1 is 1.09 bits per heavy atom. The topological polar surface area (TPSA) is 132 Å². The van der Waals surface area contributed by atoms with Crippen LogP contribution in [0.5, 0.6) is 0 Å². The smallest absolute Gasteiger partial charge is 0.191 e. The number of hydrogen-bond acceptors (Lipinski definition) is 7. The normalized spacial score (nSPS) is 12.7. The van der Waals surface area contributed by atoms with Gasteiger partial charge in [-0.25, -0.2) is 8.42 Å². The van der Waals surface area contributed by atoms with Crippen LogP contribution in [0, 0.1) is 5.41 Å². The largest absolute Gasteiger partial charge is 0.390 e. The van der Waals surface area contributed by atoms with Crippen molar-refractivity contribution in [1.82, 2.24) is 10.2 Å². The maximum Gasteiger partial charge on any atom is 0.191 e. The van der Waals surface area contributed by atoms with Crippen molar-refractivity contribution in [2.75, 3.05) is 44.4 Å². The highest BCUT2D eigenvalue weighted by Crippen LogP contribution is 2.23. The van der Waals surface area contributed by atoms with Crippen LogP contribution < -0.4 is 16.4 Å². The Balaban J connectivity index is 1.40. The number of nitrogen functional groups attached to an aromatic ring is 1. The van der Waals surface area contributed by atoms with Crippen molar-refractivity contribution in [2.45, 2.75) is 11.0 Å². The Labute approximate surface area is 194 Å². The number of hydrogen-bond donors (Lipinski definition) is 5. The first-order valence-corrected chi connectivity index (χ1v) is 12.4. The molecule has 0 bridgehead atoms. The molecule has 33 heavy (non-hydrogen) atoms. The summed E-state index contributed by atoms with van der Waals surface area (Å²) < 4.78 is 25.6. The molecule has 0 aromatic heterocycles. The van der Waals surface area contributed by atoms with Crippen molar-refractivity contribution in [1.29, 1.82) is 5.41 Å². The van der Waals surface area contributed by atoms with Crippen LogP contribution in [0.25, 0.3) is 10.8 Å². The highest BCUT2D eigenvalue weighted by atomic mass is 32.2. The predicted molar refractivity (Wildman–Crippen MR) is 133 cm³/mol. The summed E-state index contributed by atoms with van der Waals surface area (Å²) in [5.41, 5.74) is 6.93. The second-order valence-corrected chi connectivity index (χ2v) is 9.98. The fraction of sp³-hybridized carbons (Fsp3) is 0.292. The second kappa shape index (κ2) is 11.2. The van der Waals surface area contributed by atoms with Crippen molar-refractivity contribution in [3.05, 3.63) is 72.3 Å². The molecule has 9 heteroatoms. The maximum absolute atomic E-state index is 12.8. The van der Waals surface area contributed by atoms with Gasteiger partial charge in [0.2, 0.25) is 0 Å². The van der Waals surface area contributed by atoms with E-state index in [4.69, 9.17) is 11.1 Å². The van der Waals surface area contributed by atoms with Crippen molar-refractivity contribution in [2.24, 2.45) is 5.73 Å². The number of benzene rings is 3. The number of nitrogens with one attached hydrogen (secondary N) is 3. The van der Waals surface area contributed by atoms with Gasteiger partial charge in [0.25, 0.3) is 0 Å². The van der Waals surface area contributed by atoms with Crippen molar-refractivity contribution >= 4 is 32.1 Å². The summed E-state index contributed by atoms with van der Waals surface area (Å²) in [5.74, 6) is -0.128. The van der Waals surface area contributed by atoms with E-state index in [0.29, 0.717) is 36.6 Å². The van der Waals surface area contributed by atoms with Crippen LogP contribution in [0.1, 0.15) is 5.56 Å². The van der Waals surface area contributed by atoms with E-state index in [0.717, 1.165) is 16.5 Å². The van der Waals surface area contributed by atoms with Gasteiger partial charge < -0.3 is 26.4 Å². The van der Waals surface area contributed by atoms with Gasteiger partial charge in [0, 0.05) is 42.8 Å². The molecule has 0 radical (unpaired) electrons. The number of fused-ring (bicyclic) bond motifs is 1. The first-order chi connectivity index (χ1) is 15.8. The van der Waals surface area contributed by atoms with E-state index in [1.54, 1.807) is 24.3 Å². The van der Waals surface area contributed by atoms with E-state index >= 15 is 0 Å². The Morgan fingerprint density at radius 3 is 2.52 bits per heavy atom. The zero-order chi connectivity index (χ0) is 23.8. The summed E-state index contributed by atoms with van der Waals surface area (Å²) in [7, 11) is -1.59. The van der Waals surface area contributed by atoms with E-state index in [1.165, 1.54) is 0 Å². The van der Waals surface area contributed by atoms with Gasteiger partial charge in [0.15, 0.2) is 9.84 Å². The fourth-order valence-electron chi connectivity index (χ4n) is 3.54. The molecule has 0 saturated carbocycles. The minimum Gasteiger partial charge on any atom is -0.390 e. The first kappa shape index (κ1) is 24.7. The summed E-state index contributed by atoms with van der Waals surface area (Å²) in [6.07, 6.45) is -0.595. The number of aliphatic hydroxyl groups is 1. The minimum absolute atomic E-state index is 0.0155. The molecule has 0 aliphatic carbocycles. The Hall–Kier alpha value is -2.98. The van der Waals surface area contributed by atoms with E-state index in [2.05, 4.69) is 10.6 Å². The minimum atomic E-state index is -3.47. The van der Waals surface area contributed by atoms with Gasteiger partial charge in [0.1, 0.15) is 11.7 Å². The SMILES string of the molecule is CN(CCNCS(=O)(=O)c1cccc2ccccc12)CC(O)CNc1ccc(C(=N)N)cc1. The van der Waals surface area contributed by atoms with Crippen LogP contribution in [-0.4, -0.2) is 69.5 Å². The van der Waals surface area contributed by atoms with Gasteiger partial charge in [-0.3, -0.25) is 5.41 Å². The van der Waals surface area contributed by atoms with E-state index in [-0.39, 0.29) is 11.7 Å². The molecule has 8 nitrogen and oxygen atoms in total. The summed E-state index contributed by atoms with van der Waals surface area (Å²) in [6, 6.07) is 19.9. The maximum atomic E-state index is 12.8. The number of amidine groups is 1. The van der Waals surface area contributed by atoms with Gasteiger partial charge >= 0.3 is 0 Å². The lowest BCUT2D eigenvalue weighted by molar-refractivity contribution is 0.136. The van der Waals surface area contributed by atoms with Crippen LogP contribution in [0.15, 0.2) is 71.6 Å². The third kappa shape index (κ3) is 7.00. The number of sulfone groups is 1. The van der Waals surface area contributed by atoms with Gasteiger partial charge in [-0.15, -0.1) is 0 Å². The number of nitrogens with zero attached hydrogens (tertiary/aromatic N) is 1. The number of rotatable bonds is 12. The third-order valence-electron chi connectivity index (χ3n) is 5.31. The fourth-order valence-corrected chi connectivity index (χ4v) is 4.92. The van der Waals surface area contributed by atoms with E-state index < -0.39 is 15.9 Å². The van der Waals surface area contributed by atoms with Gasteiger partial charge in [-0.05, 0) is 42.8 Å². The number of likely N-dealkylation sites (N-methyl/N-ethyl adjacent to an activating group) is 1. The van der Waals surface area contributed by atoms with Crippen molar-refractivity contribution in [3.8, 4) is 0 Å². The molecule has 6 N–H and O–H groups in total. The van der Waals surface area contributed by atoms with Gasteiger partial charge in [-0.2, -0.15) is 0 Å². The molecule has 0 amide bonds. The lowest BCUT2D eigenvalue weighted by atomic mass is 10.1. The molecule has 0 aliphatic rings. The monoisotopic (exact) mass is 469 g/mol. The molecule has 0 aliphatic heterocycles. The number of anilines is 1.